The van der Waals surface area contributed by atoms with E-state index in [0.717, 1.165) is 30.8 Å². The molecule has 1 fully saturated rings. The molecule has 0 radical (unpaired) electrons. The van der Waals surface area contributed by atoms with Gasteiger partial charge in [0.15, 0.2) is 11.5 Å². The van der Waals surface area contributed by atoms with Crippen molar-refractivity contribution in [1.82, 2.24) is 10.2 Å². The SMILES string of the molecule is COCCCOc1cc(C(=O)N(CC2CNCC2OCc2cccc(OC(C)C)c2)C(C)C)ccc1OC. The molecule has 0 aromatic heterocycles. The lowest BCUT2D eigenvalue weighted by molar-refractivity contribution is 0.0128. The predicted molar refractivity (Wildman–Crippen MR) is 148 cm³/mol. The van der Waals surface area contributed by atoms with Gasteiger partial charge in [-0.3, -0.25) is 4.79 Å². The molecule has 3 rings (SSSR count). The van der Waals surface area contributed by atoms with Crippen molar-refractivity contribution in [1.29, 1.82) is 0 Å². The highest BCUT2D eigenvalue weighted by Gasteiger charge is 2.32. The van der Waals surface area contributed by atoms with E-state index in [0.29, 0.717) is 43.4 Å². The first kappa shape index (κ1) is 29.7. The molecule has 2 atom stereocenters. The topological polar surface area (TPSA) is 78.5 Å². The van der Waals surface area contributed by atoms with Gasteiger partial charge in [-0.2, -0.15) is 0 Å². The number of benzene rings is 2. The summed E-state index contributed by atoms with van der Waals surface area (Å²) in [6, 6.07) is 13.4. The van der Waals surface area contributed by atoms with Crippen molar-refractivity contribution >= 4 is 5.91 Å². The van der Waals surface area contributed by atoms with Crippen LogP contribution in [0.1, 0.15) is 50.0 Å². The number of amides is 1. The highest BCUT2D eigenvalue weighted by molar-refractivity contribution is 5.95. The number of methoxy groups -OCH3 is 2. The van der Waals surface area contributed by atoms with Crippen LogP contribution in [0.15, 0.2) is 42.5 Å². The van der Waals surface area contributed by atoms with Crippen LogP contribution in [0, 0.1) is 5.92 Å². The van der Waals surface area contributed by atoms with Gasteiger partial charge in [-0.25, -0.2) is 0 Å². The van der Waals surface area contributed by atoms with Gasteiger partial charge in [0, 0.05) is 57.3 Å². The first-order valence-electron chi connectivity index (χ1n) is 13.5. The molecule has 2 aromatic rings. The maximum atomic E-state index is 13.6. The van der Waals surface area contributed by atoms with Crippen LogP contribution in [0.5, 0.6) is 17.2 Å². The third-order valence-electron chi connectivity index (χ3n) is 6.49. The van der Waals surface area contributed by atoms with Gasteiger partial charge in [-0.1, -0.05) is 12.1 Å². The van der Waals surface area contributed by atoms with Gasteiger partial charge in [0.1, 0.15) is 5.75 Å². The molecular formula is C30H44N2O6. The predicted octanol–water partition coefficient (Wildman–Crippen LogP) is 4.55. The van der Waals surface area contributed by atoms with E-state index in [-0.39, 0.29) is 30.1 Å². The second kappa shape index (κ2) is 15.0. The molecule has 1 amide bonds. The molecule has 1 aliphatic heterocycles. The lowest BCUT2D eigenvalue weighted by atomic mass is 10.0. The summed E-state index contributed by atoms with van der Waals surface area (Å²) in [5.74, 6) is 2.16. The maximum absolute atomic E-state index is 13.6. The number of hydrogen-bond acceptors (Lipinski definition) is 7. The van der Waals surface area contributed by atoms with Crippen LogP contribution in [0.3, 0.4) is 0 Å². The normalized spacial score (nSPS) is 17.2. The molecule has 8 nitrogen and oxygen atoms in total. The standard InChI is InChI=1S/C30H44N2O6/c1-21(2)32(30(33)24-11-12-27(35-6)28(16-24)36-14-8-13-34-5)19-25-17-31-18-29(25)37-20-23-9-7-10-26(15-23)38-22(3)4/h7,9-12,15-16,21-22,25,29,31H,8,13-14,17-20H2,1-6H3. The molecule has 1 heterocycles. The number of ether oxygens (including phenoxy) is 5. The molecular weight excluding hydrogens is 484 g/mol. The van der Waals surface area contributed by atoms with Crippen molar-refractivity contribution in [2.75, 3.05) is 47.1 Å². The fraction of sp³-hybridized carbons (Fsp3) is 0.567. The monoisotopic (exact) mass is 528 g/mol. The molecule has 1 saturated heterocycles. The van der Waals surface area contributed by atoms with E-state index in [1.165, 1.54) is 0 Å². The Morgan fingerprint density at radius 1 is 1.03 bits per heavy atom. The minimum Gasteiger partial charge on any atom is -0.493 e. The second-order valence-corrected chi connectivity index (χ2v) is 10.2. The minimum atomic E-state index is -0.0337. The smallest absolute Gasteiger partial charge is 0.254 e. The largest absolute Gasteiger partial charge is 0.493 e. The van der Waals surface area contributed by atoms with Crippen molar-refractivity contribution in [3.8, 4) is 17.2 Å². The van der Waals surface area contributed by atoms with E-state index < -0.39 is 0 Å². The Hall–Kier alpha value is -2.81. The van der Waals surface area contributed by atoms with Gasteiger partial charge in [0.25, 0.3) is 5.91 Å². The molecule has 8 heteroatoms. The highest BCUT2D eigenvalue weighted by atomic mass is 16.5. The summed E-state index contributed by atoms with van der Waals surface area (Å²) >= 11 is 0. The summed E-state index contributed by atoms with van der Waals surface area (Å²) in [4.78, 5) is 15.6. The Balaban J connectivity index is 1.65. The summed E-state index contributed by atoms with van der Waals surface area (Å²) < 4.78 is 28.6. The summed E-state index contributed by atoms with van der Waals surface area (Å²) in [7, 11) is 3.26. The van der Waals surface area contributed by atoms with E-state index in [1.54, 1.807) is 32.4 Å². The summed E-state index contributed by atoms with van der Waals surface area (Å²) in [5.41, 5.74) is 1.65. The van der Waals surface area contributed by atoms with E-state index in [1.807, 2.05) is 56.9 Å². The Morgan fingerprint density at radius 2 is 1.84 bits per heavy atom. The van der Waals surface area contributed by atoms with Crippen molar-refractivity contribution in [2.24, 2.45) is 5.92 Å². The molecule has 0 saturated carbocycles. The molecule has 2 unspecified atom stereocenters. The molecule has 38 heavy (non-hydrogen) atoms. The number of carbonyl (C=O) groups excluding carboxylic acids is 1. The van der Waals surface area contributed by atoms with Crippen LogP contribution in [-0.2, 0) is 16.1 Å². The van der Waals surface area contributed by atoms with Crippen LogP contribution in [0.4, 0.5) is 0 Å². The molecule has 1 N–H and O–H groups in total. The van der Waals surface area contributed by atoms with Gasteiger partial charge < -0.3 is 33.9 Å². The van der Waals surface area contributed by atoms with Gasteiger partial charge in [-0.05, 0) is 63.6 Å². The van der Waals surface area contributed by atoms with Crippen LogP contribution in [0.25, 0.3) is 0 Å². The Labute approximate surface area is 227 Å². The van der Waals surface area contributed by atoms with Crippen LogP contribution >= 0.6 is 0 Å². The lowest BCUT2D eigenvalue weighted by Crippen LogP contribution is -2.43. The first-order chi connectivity index (χ1) is 18.3. The van der Waals surface area contributed by atoms with Crippen LogP contribution < -0.4 is 19.5 Å². The maximum Gasteiger partial charge on any atom is 0.254 e. The lowest BCUT2D eigenvalue weighted by Gasteiger charge is -2.31. The Kier molecular flexibility index (Phi) is 11.7. The van der Waals surface area contributed by atoms with Gasteiger partial charge in [0.2, 0.25) is 0 Å². The van der Waals surface area contributed by atoms with E-state index in [2.05, 4.69) is 5.32 Å². The molecule has 2 aromatic carbocycles. The van der Waals surface area contributed by atoms with Crippen LogP contribution in [0.2, 0.25) is 0 Å². The second-order valence-electron chi connectivity index (χ2n) is 10.2. The zero-order chi connectivity index (χ0) is 27.5. The molecule has 0 bridgehead atoms. The summed E-state index contributed by atoms with van der Waals surface area (Å²) in [6.45, 7) is 11.9. The number of nitrogens with zero attached hydrogens (tertiary/aromatic N) is 1. The van der Waals surface area contributed by atoms with Crippen molar-refractivity contribution in [3.63, 3.8) is 0 Å². The zero-order valence-electron chi connectivity index (χ0n) is 23.7. The van der Waals surface area contributed by atoms with Crippen molar-refractivity contribution < 1.29 is 28.5 Å². The highest BCUT2D eigenvalue weighted by Crippen LogP contribution is 2.29. The third kappa shape index (κ3) is 8.61. The molecule has 1 aliphatic rings. The van der Waals surface area contributed by atoms with E-state index >= 15 is 0 Å². The van der Waals surface area contributed by atoms with E-state index in [4.69, 9.17) is 23.7 Å². The van der Waals surface area contributed by atoms with Gasteiger partial charge in [0.05, 0.1) is 32.5 Å². The first-order valence-corrected chi connectivity index (χ1v) is 13.5. The van der Waals surface area contributed by atoms with Crippen LogP contribution in [-0.4, -0.2) is 76.1 Å². The average Bonchev–Trinajstić information content (AvgIpc) is 3.34. The van der Waals surface area contributed by atoms with E-state index in [9.17, 15) is 4.79 Å². The number of nitrogens with one attached hydrogen (secondary N) is 1. The third-order valence-corrected chi connectivity index (χ3v) is 6.49. The fourth-order valence-corrected chi connectivity index (χ4v) is 4.52. The van der Waals surface area contributed by atoms with Crippen molar-refractivity contribution in [3.05, 3.63) is 53.6 Å². The average molecular weight is 529 g/mol. The van der Waals surface area contributed by atoms with Gasteiger partial charge >= 0.3 is 0 Å². The molecule has 210 valence electrons. The molecule has 0 aliphatic carbocycles. The number of rotatable bonds is 15. The number of carbonyl (C=O) groups is 1. The molecule has 0 spiro atoms. The fourth-order valence-electron chi connectivity index (χ4n) is 4.52. The Bertz CT molecular complexity index is 1010. The quantitative estimate of drug-likeness (QED) is 0.340. The Morgan fingerprint density at radius 3 is 2.55 bits per heavy atom. The number of hydrogen-bond donors (Lipinski definition) is 1. The summed E-state index contributed by atoms with van der Waals surface area (Å²) in [5, 5.41) is 3.44. The minimum absolute atomic E-state index is 0.00858. The van der Waals surface area contributed by atoms with Crippen molar-refractivity contribution in [2.45, 2.75) is 59.0 Å². The van der Waals surface area contributed by atoms with Gasteiger partial charge in [-0.15, -0.1) is 0 Å². The zero-order valence-corrected chi connectivity index (χ0v) is 23.7. The summed E-state index contributed by atoms with van der Waals surface area (Å²) in [6.07, 6.45) is 0.883.